The van der Waals surface area contributed by atoms with Gasteiger partial charge >= 0.3 is 0 Å². The Bertz CT molecular complexity index is 899. The molecular weight excluding hydrogens is 290 g/mol. The average molecular weight is 303 g/mol. The summed E-state index contributed by atoms with van der Waals surface area (Å²) in [6.45, 7) is 1.90. The van der Waals surface area contributed by atoms with Gasteiger partial charge in [0.25, 0.3) is 10.0 Å². The average Bonchev–Trinajstić information content (AvgIpc) is 2.91. The second kappa shape index (κ2) is 4.85. The van der Waals surface area contributed by atoms with Crippen molar-refractivity contribution in [1.29, 1.82) is 0 Å². The molecule has 0 saturated heterocycles. The maximum Gasteiger partial charge on any atom is 0.269 e. The van der Waals surface area contributed by atoms with Gasteiger partial charge in [-0.25, -0.2) is 22.4 Å². The van der Waals surface area contributed by atoms with Gasteiger partial charge in [0, 0.05) is 6.20 Å². The lowest BCUT2D eigenvalue weighted by atomic mass is 10.2. The standard InChI is InChI=1S/C14H13N3O3S/c1-10-3-5-11(6-4-10)21(18,19)17-8-7-12-14(17)15-9-13(16-12)20-2/h3-9H,1-2H3. The fourth-order valence-corrected chi connectivity index (χ4v) is 3.28. The van der Waals surface area contributed by atoms with Crippen LogP contribution in [0.15, 0.2) is 47.6 Å². The zero-order valence-corrected chi connectivity index (χ0v) is 12.3. The SMILES string of the molecule is COc1cnc2c(ccn2S(=O)(=O)c2ccc(C)cc2)n1. The minimum absolute atomic E-state index is 0.211. The van der Waals surface area contributed by atoms with Gasteiger partial charge in [-0.15, -0.1) is 0 Å². The van der Waals surface area contributed by atoms with E-state index in [0.717, 1.165) is 9.54 Å². The third-order valence-electron chi connectivity index (χ3n) is 3.12. The van der Waals surface area contributed by atoms with Gasteiger partial charge in [-0.05, 0) is 25.1 Å². The van der Waals surface area contributed by atoms with Crippen molar-refractivity contribution in [2.75, 3.05) is 7.11 Å². The first-order valence-electron chi connectivity index (χ1n) is 6.23. The Morgan fingerprint density at radius 1 is 1.14 bits per heavy atom. The lowest BCUT2D eigenvalue weighted by Gasteiger charge is -2.07. The van der Waals surface area contributed by atoms with Crippen LogP contribution in [0.2, 0.25) is 0 Å². The largest absolute Gasteiger partial charge is 0.480 e. The van der Waals surface area contributed by atoms with Gasteiger partial charge in [0.2, 0.25) is 5.88 Å². The molecule has 0 fully saturated rings. The summed E-state index contributed by atoms with van der Waals surface area (Å²) in [4.78, 5) is 8.49. The highest BCUT2D eigenvalue weighted by Crippen LogP contribution is 2.21. The van der Waals surface area contributed by atoms with Gasteiger partial charge in [0.1, 0.15) is 5.52 Å². The Labute approximate surface area is 122 Å². The number of fused-ring (bicyclic) bond motifs is 1. The molecule has 0 N–H and O–H groups in total. The number of hydrogen-bond donors (Lipinski definition) is 0. The van der Waals surface area contributed by atoms with Crippen LogP contribution in [0.25, 0.3) is 11.2 Å². The van der Waals surface area contributed by atoms with E-state index in [4.69, 9.17) is 4.74 Å². The number of rotatable bonds is 3. The molecule has 0 amide bonds. The summed E-state index contributed by atoms with van der Waals surface area (Å²) in [5.41, 5.74) is 1.73. The van der Waals surface area contributed by atoms with Crippen LogP contribution in [0.5, 0.6) is 5.88 Å². The predicted octanol–water partition coefficient (Wildman–Crippen LogP) is 1.99. The number of nitrogens with zero attached hydrogens (tertiary/aromatic N) is 3. The van der Waals surface area contributed by atoms with Gasteiger partial charge in [0.15, 0.2) is 5.65 Å². The van der Waals surface area contributed by atoms with E-state index in [1.807, 2.05) is 6.92 Å². The van der Waals surface area contributed by atoms with Crippen LogP contribution in [0.1, 0.15) is 5.56 Å². The van der Waals surface area contributed by atoms with Crippen molar-refractivity contribution >= 4 is 21.2 Å². The van der Waals surface area contributed by atoms with Crippen molar-refractivity contribution < 1.29 is 13.2 Å². The van der Waals surface area contributed by atoms with E-state index in [0.29, 0.717) is 11.4 Å². The maximum atomic E-state index is 12.6. The fourth-order valence-electron chi connectivity index (χ4n) is 1.99. The first-order valence-corrected chi connectivity index (χ1v) is 7.67. The van der Waals surface area contributed by atoms with Crippen LogP contribution in [0.4, 0.5) is 0 Å². The van der Waals surface area contributed by atoms with Gasteiger partial charge in [-0.1, -0.05) is 17.7 Å². The molecule has 0 aliphatic carbocycles. The Kier molecular flexibility index (Phi) is 3.13. The summed E-state index contributed by atoms with van der Waals surface area (Å²) in [5, 5.41) is 0. The molecule has 0 aliphatic rings. The second-order valence-corrected chi connectivity index (χ2v) is 6.37. The molecule has 2 heterocycles. The monoisotopic (exact) mass is 303 g/mol. The predicted molar refractivity (Wildman–Crippen MR) is 77.8 cm³/mol. The molecule has 3 aromatic rings. The Morgan fingerprint density at radius 2 is 1.86 bits per heavy atom. The molecule has 108 valence electrons. The number of aryl methyl sites for hydroxylation is 1. The number of methoxy groups -OCH3 is 1. The molecule has 1 aromatic carbocycles. The molecule has 0 bridgehead atoms. The summed E-state index contributed by atoms with van der Waals surface area (Å²) in [6.07, 6.45) is 2.84. The molecule has 2 aromatic heterocycles. The maximum absolute atomic E-state index is 12.6. The van der Waals surface area contributed by atoms with Gasteiger partial charge in [0.05, 0.1) is 18.2 Å². The minimum Gasteiger partial charge on any atom is -0.480 e. The summed E-state index contributed by atoms with van der Waals surface area (Å²) in [5.74, 6) is 0.341. The van der Waals surface area contributed by atoms with Gasteiger partial charge < -0.3 is 4.74 Å². The number of ether oxygens (including phenoxy) is 1. The summed E-state index contributed by atoms with van der Waals surface area (Å²) < 4.78 is 31.4. The van der Waals surface area contributed by atoms with Gasteiger partial charge in [-0.3, -0.25) is 0 Å². The summed E-state index contributed by atoms with van der Waals surface area (Å²) >= 11 is 0. The van der Waals surface area contributed by atoms with Crippen LogP contribution in [0.3, 0.4) is 0 Å². The van der Waals surface area contributed by atoms with Crippen molar-refractivity contribution in [3.05, 3.63) is 48.3 Å². The van der Waals surface area contributed by atoms with E-state index in [1.165, 1.54) is 19.5 Å². The fraction of sp³-hybridized carbons (Fsp3) is 0.143. The lowest BCUT2D eigenvalue weighted by molar-refractivity contribution is 0.397. The lowest BCUT2D eigenvalue weighted by Crippen LogP contribution is -2.12. The van der Waals surface area contributed by atoms with Gasteiger partial charge in [-0.2, -0.15) is 0 Å². The number of aromatic nitrogens is 3. The molecule has 0 spiro atoms. The molecule has 3 rings (SSSR count). The van der Waals surface area contributed by atoms with Crippen LogP contribution in [0, 0.1) is 6.92 Å². The topological polar surface area (TPSA) is 74.1 Å². The zero-order valence-electron chi connectivity index (χ0n) is 11.5. The molecule has 7 heteroatoms. The van der Waals surface area contributed by atoms with Crippen molar-refractivity contribution in [3.63, 3.8) is 0 Å². The van der Waals surface area contributed by atoms with Crippen LogP contribution >= 0.6 is 0 Å². The Hall–Kier alpha value is -2.41. The first-order chi connectivity index (χ1) is 10.0. The van der Waals surface area contributed by atoms with E-state index in [1.54, 1.807) is 30.3 Å². The van der Waals surface area contributed by atoms with Crippen molar-refractivity contribution in [1.82, 2.24) is 13.9 Å². The third-order valence-corrected chi connectivity index (χ3v) is 4.80. The van der Waals surface area contributed by atoms with E-state index < -0.39 is 10.0 Å². The molecule has 0 atom stereocenters. The smallest absolute Gasteiger partial charge is 0.269 e. The van der Waals surface area contributed by atoms with Crippen LogP contribution < -0.4 is 4.74 Å². The van der Waals surface area contributed by atoms with E-state index in [9.17, 15) is 8.42 Å². The molecule has 6 nitrogen and oxygen atoms in total. The molecule has 0 aliphatic heterocycles. The highest BCUT2D eigenvalue weighted by Gasteiger charge is 2.20. The number of hydrogen-bond acceptors (Lipinski definition) is 5. The van der Waals surface area contributed by atoms with Crippen molar-refractivity contribution in [3.8, 4) is 5.88 Å². The molecule has 0 radical (unpaired) electrons. The quantitative estimate of drug-likeness (QED) is 0.739. The number of benzene rings is 1. The molecule has 21 heavy (non-hydrogen) atoms. The summed E-state index contributed by atoms with van der Waals surface area (Å²) in [7, 11) is -2.20. The first kappa shape index (κ1) is 13.6. The second-order valence-electron chi connectivity index (χ2n) is 4.55. The van der Waals surface area contributed by atoms with Crippen LogP contribution in [-0.2, 0) is 10.0 Å². The molecule has 0 unspecified atom stereocenters. The molecular formula is C14H13N3O3S. The van der Waals surface area contributed by atoms with Crippen molar-refractivity contribution in [2.45, 2.75) is 11.8 Å². The third kappa shape index (κ3) is 2.25. The molecule has 0 saturated carbocycles. The highest BCUT2D eigenvalue weighted by atomic mass is 32.2. The Balaban J connectivity index is 2.17. The van der Waals surface area contributed by atoms with E-state index in [2.05, 4.69) is 9.97 Å². The van der Waals surface area contributed by atoms with E-state index >= 15 is 0 Å². The van der Waals surface area contributed by atoms with Crippen molar-refractivity contribution in [2.24, 2.45) is 0 Å². The normalized spacial score (nSPS) is 11.7. The summed E-state index contributed by atoms with van der Waals surface area (Å²) in [6, 6.07) is 8.26. The minimum atomic E-state index is -3.69. The van der Waals surface area contributed by atoms with Crippen LogP contribution in [-0.4, -0.2) is 29.5 Å². The highest BCUT2D eigenvalue weighted by molar-refractivity contribution is 7.90. The Morgan fingerprint density at radius 3 is 2.52 bits per heavy atom. The zero-order chi connectivity index (χ0) is 15.0. The van der Waals surface area contributed by atoms with E-state index in [-0.39, 0.29) is 10.5 Å².